The Bertz CT molecular complexity index is 683. The number of hydrogen-bond acceptors (Lipinski definition) is 2. The van der Waals surface area contributed by atoms with Crippen molar-refractivity contribution >= 4 is 39.4 Å². The molecule has 4 nitrogen and oxygen atoms in total. The minimum atomic E-state index is -0.998. The molecular weight excluding hydrogens is 358 g/mol. The summed E-state index contributed by atoms with van der Waals surface area (Å²) in [4.78, 5) is 22.9. The predicted octanol–water partition coefficient (Wildman–Crippen LogP) is 3.73. The lowest BCUT2D eigenvalue weighted by Gasteiger charge is -2.07. The number of carbonyl (C=O) groups is 2. The van der Waals surface area contributed by atoms with Gasteiger partial charge in [0.05, 0.1) is 5.56 Å². The van der Waals surface area contributed by atoms with E-state index in [0.717, 1.165) is 0 Å². The fourth-order valence-electron chi connectivity index (χ4n) is 1.78. The van der Waals surface area contributed by atoms with Crippen molar-refractivity contribution in [3.05, 3.63) is 68.7 Å². The maximum Gasteiger partial charge on any atom is 0.335 e. The van der Waals surface area contributed by atoms with Crippen LogP contribution in [0.1, 0.15) is 26.3 Å². The molecule has 0 aromatic heterocycles. The van der Waals surface area contributed by atoms with E-state index in [1.165, 1.54) is 12.1 Å². The van der Waals surface area contributed by atoms with Crippen molar-refractivity contribution in [3.8, 4) is 0 Å². The van der Waals surface area contributed by atoms with Crippen LogP contribution in [0.25, 0.3) is 0 Å². The van der Waals surface area contributed by atoms with E-state index >= 15 is 0 Å². The van der Waals surface area contributed by atoms with Crippen LogP contribution in [0.3, 0.4) is 0 Å². The quantitative estimate of drug-likeness (QED) is 0.864. The van der Waals surface area contributed by atoms with Gasteiger partial charge >= 0.3 is 5.97 Å². The number of carboxylic acids is 1. The van der Waals surface area contributed by atoms with Crippen LogP contribution in [0.5, 0.6) is 0 Å². The zero-order chi connectivity index (χ0) is 15.4. The van der Waals surface area contributed by atoms with Gasteiger partial charge in [0.15, 0.2) is 0 Å². The summed E-state index contributed by atoms with van der Waals surface area (Å²) in [5.41, 5.74) is 1.33. The van der Waals surface area contributed by atoms with Crippen molar-refractivity contribution in [3.63, 3.8) is 0 Å². The molecule has 0 fully saturated rings. The van der Waals surface area contributed by atoms with Gasteiger partial charge in [-0.1, -0.05) is 39.7 Å². The van der Waals surface area contributed by atoms with Gasteiger partial charge in [0, 0.05) is 21.6 Å². The number of aromatic carboxylic acids is 1. The summed E-state index contributed by atoms with van der Waals surface area (Å²) in [6.45, 7) is 0.240. The molecule has 1 amide bonds. The summed E-state index contributed by atoms with van der Waals surface area (Å²) < 4.78 is 0.716. The normalized spacial score (nSPS) is 10.2. The summed E-state index contributed by atoms with van der Waals surface area (Å²) in [6.07, 6.45) is 0. The monoisotopic (exact) mass is 367 g/mol. The second kappa shape index (κ2) is 6.74. The van der Waals surface area contributed by atoms with Gasteiger partial charge in [-0.05, 0) is 35.9 Å². The summed E-state index contributed by atoms with van der Waals surface area (Å²) >= 11 is 9.16. The molecule has 0 radical (unpaired) electrons. The van der Waals surface area contributed by atoms with E-state index in [0.29, 0.717) is 20.6 Å². The van der Waals surface area contributed by atoms with Gasteiger partial charge in [-0.25, -0.2) is 4.79 Å². The van der Waals surface area contributed by atoms with Crippen LogP contribution >= 0.6 is 27.5 Å². The van der Waals surface area contributed by atoms with Crippen molar-refractivity contribution in [2.24, 2.45) is 0 Å². The molecule has 21 heavy (non-hydrogen) atoms. The van der Waals surface area contributed by atoms with Gasteiger partial charge in [-0.2, -0.15) is 0 Å². The Kier molecular flexibility index (Phi) is 4.98. The molecule has 2 rings (SSSR count). The largest absolute Gasteiger partial charge is 0.478 e. The topological polar surface area (TPSA) is 66.4 Å². The van der Waals surface area contributed by atoms with Crippen molar-refractivity contribution in [2.75, 3.05) is 0 Å². The molecule has 0 saturated heterocycles. The van der Waals surface area contributed by atoms with Gasteiger partial charge in [0.1, 0.15) is 0 Å². The van der Waals surface area contributed by atoms with E-state index in [2.05, 4.69) is 21.2 Å². The smallest absolute Gasteiger partial charge is 0.335 e. The molecule has 6 heteroatoms. The predicted molar refractivity (Wildman–Crippen MR) is 83.7 cm³/mol. The Hall–Kier alpha value is -1.85. The Morgan fingerprint density at radius 2 is 1.90 bits per heavy atom. The number of amides is 1. The molecule has 0 saturated carbocycles. The van der Waals surface area contributed by atoms with Crippen LogP contribution in [0.2, 0.25) is 5.02 Å². The molecule has 2 N–H and O–H groups in total. The average Bonchev–Trinajstić information content (AvgIpc) is 2.44. The van der Waals surface area contributed by atoms with E-state index in [1.54, 1.807) is 30.3 Å². The molecule has 0 aliphatic carbocycles. The average molecular weight is 369 g/mol. The molecule has 2 aromatic carbocycles. The maximum atomic E-state index is 12.0. The lowest BCUT2D eigenvalue weighted by atomic mass is 10.1. The Balaban J connectivity index is 2.07. The van der Waals surface area contributed by atoms with Gasteiger partial charge in [0.2, 0.25) is 0 Å². The first-order valence-corrected chi connectivity index (χ1v) is 7.19. The van der Waals surface area contributed by atoms with Crippen LogP contribution in [0.4, 0.5) is 0 Å². The van der Waals surface area contributed by atoms with Crippen molar-refractivity contribution in [2.45, 2.75) is 6.54 Å². The Morgan fingerprint density at radius 3 is 2.57 bits per heavy atom. The molecule has 0 unspecified atom stereocenters. The third-order valence-electron chi connectivity index (χ3n) is 2.75. The lowest BCUT2D eigenvalue weighted by molar-refractivity contribution is 0.0696. The molecule has 0 bridgehead atoms. The van der Waals surface area contributed by atoms with Crippen LogP contribution in [0.15, 0.2) is 46.9 Å². The van der Waals surface area contributed by atoms with E-state index in [1.807, 2.05) is 0 Å². The summed E-state index contributed by atoms with van der Waals surface area (Å²) in [5.74, 6) is -1.28. The van der Waals surface area contributed by atoms with Crippen LogP contribution < -0.4 is 5.32 Å². The molecular formula is C15H11BrClNO3. The van der Waals surface area contributed by atoms with Crippen LogP contribution in [0, 0.1) is 0 Å². The van der Waals surface area contributed by atoms with Crippen molar-refractivity contribution < 1.29 is 14.7 Å². The Morgan fingerprint density at radius 1 is 1.14 bits per heavy atom. The first-order chi connectivity index (χ1) is 9.95. The molecule has 0 heterocycles. The minimum Gasteiger partial charge on any atom is -0.478 e. The van der Waals surface area contributed by atoms with Crippen molar-refractivity contribution in [1.82, 2.24) is 5.32 Å². The minimum absolute atomic E-state index is 0.187. The van der Waals surface area contributed by atoms with E-state index in [4.69, 9.17) is 16.7 Å². The highest BCUT2D eigenvalue weighted by atomic mass is 79.9. The fourth-order valence-corrected chi connectivity index (χ4v) is 2.64. The number of hydrogen-bond donors (Lipinski definition) is 2. The van der Waals surface area contributed by atoms with E-state index in [-0.39, 0.29) is 18.0 Å². The molecule has 0 aliphatic heterocycles. The number of carbonyl (C=O) groups excluding carboxylic acids is 1. The number of rotatable bonds is 4. The lowest BCUT2D eigenvalue weighted by Crippen LogP contribution is -2.22. The number of carboxylic acid groups (broad SMARTS) is 1. The number of halogens is 2. The molecule has 0 spiro atoms. The highest BCUT2D eigenvalue weighted by Gasteiger charge is 2.08. The third kappa shape index (κ3) is 4.31. The van der Waals surface area contributed by atoms with Gasteiger partial charge in [-0.3, -0.25) is 4.79 Å². The molecule has 0 aliphatic rings. The number of nitrogens with one attached hydrogen (secondary N) is 1. The standard InChI is InChI=1S/C15H11BrClNO3/c16-12-5-11(6-13(17)7-12)14(19)18-8-9-2-1-3-10(4-9)15(20)21/h1-7H,8H2,(H,18,19)(H,20,21). The zero-order valence-corrected chi connectivity index (χ0v) is 13.1. The SMILES string of the molecule is O=C(O)c1cccc(CNC(=O)c2cc(Cl)cc(Br)c2)c1. The second-order valence-electron chi connectivity index (χ2n) is 4.35. The highest BCUT2D eigenvalue weighted by molar-refractivity contribution is 9.10. The summed E-state index contributed by atoms with van der Waals surface area (Å²) in [7, 11) is 0. The zero-order valence-electron chi connectivity index (χ0n) is 10.8. The van der Waals surface area contributed by atoms with Gasteiger partial charge in [-0.15, -0.1) is 0 Å². The van der Waals surface area contributed by atoms with Gasteiger partial charge < -0.3 is 10.4 Å². The van der Waals surface area contributed by atoms with Gasteiger partial charge in [0.25, 0.3) is 5.91 Å². The van der Waals surface area contributed by atoms with Crippen LogP contribution in [-0.2, 0) is 6.54 Å². The summed E-state index contributed by atoms with van der Waals surface area (Å²) in [5, 5.41) is 12.1. The second-order valence-corrected chi connectivity index (χ2v) is 5.70. The molecule has 108 valence electrons. The summed E-state index contributed by atoms with van der Waals surface area (Å²) in [6, 6.07) is 11.3. The van der Waals surface area contributed by atoms with E-state index < -0.39 is 5.97 Å². The van der Waals surface area contributed by atoms with Crippen LogP contribution in [-0.4, -0.2) is 17.0 Å². The van der Waals surface area contributed by atoms with Crippen molar-refractivity contribution in [1.29, 1.82) is 0 Å². The first kappa shape index (κ1) is 15.5. The number of benzene rings is 2. The van der Waals surface area contributed by atoms with E-state index in [9.17, 15) is 9.59 Å². The Labute approximate surface area is 134 Å². The highest BCUT2D eigenvalue weighted by Crippen LogP contribution is 2.19. The fraction of sp³-hybridized carbons (Fsp3) is 0.0667. The molecule has 0 atom stereocenters. The first-order valence-electron chi connectivity index (χ1n) is 6.02. The third-order valence-corrected chi connectivity index (χ3v) is 3.43. The maximum absolute atomic E-state index is 12.0. The molecule has 2 aromatic rings.